The summed E-state index contributed by atoms with van der Waals surface area (Å²) in [5.41, 5.74) is 1.07. The van der Waals surface area contributed by atoms with E-state index in [1.54, 1.807) is 4.90 Å². The molecule has 94 valence electrons. The topological polar surface area (TPSA) is 20.3 Å². The number of carbonyl (C=O) groups is 1. The number of halogens is 1. The van der Waals surface area contributed by atoms with Gasteiger partial charge in [-0.2, -0.15) is 0 Å². The molecule has 0 saturated carbocycles. The van der Waals surface area contributed by atoms with E-state index in [0.29, 0.717) is 11.6 Å². The summed E-state index contributed by atoms with van der Waals surface area (Å²) in [6.45, 7) is 4.73. The van der Waals surface area contributed by atoms with Crippen molar-refractivity contribution in [2.75, 3.05) is 7.05 Å². The average molecular weight is 254 g/mol. The number of benzene rings is 1. The predicted octanol–water partition coefficient (Wildman–Crippen LogP) is 3.73. The first-order valence-corrected chi connectivity index (χ1v) is 6.45. The second-order valence-corrected chi connectivity index (χ2v) is 4.77. The molecule has 0 aliphatic heterocycles. The van der Waals surface area contributed by atoms with E-state index in [0.717, 1.165) is 18.4 Å². The Hall–Kier alpha value is -1.02. The smallest absolute Gasteiger partial charge is 0.225 e. The molecule has 1 aromatic carbocycles. The SMILES string of the molecule is CCC(CC)C(=O)N(C)Cc1cccc(Cl)c1. The van der Waals surface area contributed by atoms with Gasteiger partial charge in [0.05, 0.1) is 0 Å². The number of carbonyl (C=O) groups excluding carboxylic acids is 1. The molecule has 0 aromatic heterocycles. The van der Waals surface area contributed by atoms with Gasteiger partial charge in [-0.15, -0.1) is 0 Å². The highest BCUT2D eigenvalue weighted by Crippen LogP contribution is 2.15. The molecule has 0 saturated heterocycles. The first-order valence-electron chi connectivity index (χ1n) is 6.07. The van der Waals surface area contributed by atoms with Gasteiger partial charge < -0.3 is 4.90 Å². The van der Waals surface area contributed by atoms with Crippen LogP contribution in [-0.4, -0.2) is 17.9 Å². The number of nitrogens with zero attached hydrogens (tertiary/aromatic N) is 1. The molecule has 0 N–H and O–H groups in total. The molecule has 3 heteroatoms. The Morgan fingerprint density at radius 3 is 2.53 bits per heavy atom. The van der Waals surface area contributed by atoms with Crippen LogP contribution in [0.25, 0.3) is 0 Å². The van der Waals surface area contributed by atoms with E-state index in [4.69, 9.17) is 11.6 Å². The lowest BCUT2D eigenvalue weighted by atomic mass is 10.0. The maximum Gasteiger partial charge on any atom is 0.225 e. The van der Waals surface area contributed by atoms with Crippen molar-refractivity contribution in [2.45, 2.75) is 33.2 Å². The first-order chi connectivity index (χ1) is 8.08. The fraction of sp³-hybridized carbons (Fsp3) is 0.500. The summed E-state index contributed by atoms with van der Waals surface area (Å²) in [6, 6.07) is 7.64. The van der Waals surface area contributed by atoms with E-state index in [1.807, 2.05) is 31.3 Å². The Balaban J connectivity index is 2.65. The van der Waals surface area contributed by atoms with Crippen LogP contribution in [0, 0.1) is 5.92 Å². The zero-order chi connectivity index (χ0) is 12.8. The number of amides is 1. The highest BCUT2D eigenvalue weighted by molar-refractivity contribution is 6.30. The molecular formula is C14H20ClNO. The van der Waals surface area contributed by atoms with Crippen LogP contribution in [0.1, 0.15) is 32.3 Å². The fourth-order valence-electron chi connectivity index (χ4n) is 1.94. The molecule has 2 nitrogen and oxygen atoms in total. The maximum atomic E-state index is 12.1. The molecule has 0 radical (unpaired) electrons. The molecule has 0 fully saturated rings. The monoisotopic (exact) mass is 253 g/mol. The molecule has 0 heterocycles. The van der Waals surface area contributed by atoms with E-state index < -0.39 is 0 Å². The van der Waals surface area contributed by atoms with Crippen LogP contribution in [0.2, 0.25) is 5.02 Å². The van der Waals surface area contributed by atoms with Gasteiger partial charge in [0.25, 0.3) is 0 Å². The molecule has 0 aliphatic rings. The Morgan fingerprint density at radius 1 is 1.35 bits per heavy atom. The summed E-state index contributed by atoms with van der Waals surface area (Å²) in [6.07, 6.45) is 1.80. The minimum Gasteiger partial charge on any atom is -0.341 e. The van der Waals surface area contributed by atoms with Crippen LogP contribution in [0.15, 0.2) is 24.3 Å². The predicted molar refractivity (Wildman–Crippen MR) is 72.0 cm³/mol. The largest absolute Gasteiger partial charge is 0.341 e. The third kappa shape index (κ3) is 4.04. The van der Waals surface area contributed by atoms with E-state index in [9.17, 15) is 4.79 Å². The third-order valence-corrected chi connectivity index (χ3v) is 3.25. The van der Waals surface area contributed by atoms with E-state index in [-0.39, 0.29) is 11.8 Å². The van der Waals surface area contributed by atoms with Crippen molar-refractivity contribution >= 4 is 17.5 Å². The van der Waals surface area contributed by atoms with Gasteiger partial charge in [-0.3, -0.25) is 4.79 Å². The van der Waals surface area contributed by atoms with Crippen LogP contribution in [0.3, 0.4) is 0 Å². The molecule has 0 spiro atoms. The van der Waals surface area contributed by atoms with E-state index in [1.165, 1.54) is 0 Å². The van der Waals surface area contributed by atoms with Gasteiger partial charge in [-0.05, 0) is 30.5 Å². The average Bonchev–Trinajstić information content (AvgIpc) is 2.30. The minimum absolute atomic E-state index is 0.138. The second kappa shape index (κ2) is 6.65. The highest BCUT2D eigenvalue weighted by Gasteiger charge is 2.18. The Kier molecular flexibility index (Phi) is 5.49. The van der Waals surface area contributed by atoms with Crippen molar-refractivity contribution in [2.24, 2.45) is 5.92 Å². The van der Waals surface area contributed by atoms with Gasteiger partial charge in [-0.1, -0.05) is 37.6 Å². The number of hydrogen-bond donors (Lipinski definition) is 0. The Bertz CT molecular complexity index is 374. The molecule has 0 atom stereocenters. The van der Waals surface area contributed by atoms with Crippen LogP contribution >= 0.6 is 11.6 Å². The van der Waals surface area contributed by atoms with E-state index >= 15 is 0 Å². The molecule has 1 aromatic rings. The zero-order valence-electron chi connectivity index (χ0n) is 10.7. The Labute approximate surface area is 109 Å². The lowest BCUT2D eigenvalue weighted by Crippen LogP contribution is -2.32. The summed E-state index contributed by atoms with van der Waals surface area (Å²) in [7, 11) is 1.85. The molecular weight excluding hydrogens is 234 g/mol. The van der Waals surface area contributed by atoms with Crippen molar-refractivity contribution in [3.63, 3.8) is 0 Å². The standard InChI is InChI=1S/C14H20ClNO/c1-4-12(5-2)14(17)16(3)10-11-7-6-8-13(15)9-11/h6-9,12H,4-5,10H2,1-3H3. The van der Waals surface area contributed by atoms with Gasteiger partial charge in [0, 0.05) is 24.5 Å². The van der Waals surface area contributed by atoms with Crippen LogP contribution < -0.4 is 0 Å². The number of rotatable bonds is 5. The van der Waals surface area contributed by atoms with Gasteiger partial charge in [-0.25, -0.2) is 0 Å². The third-order valence-electron chi connectivity index (χ3n) is 3.02. The Morgan fingerprint density at radius 2 is 2.00 bits per heavy atom. The van der Waals surface area contributed by atoms with Crippen molar-refractivity contribution in [3.8, 4) is 0 Å². The van der Waals surface area contributed by atoms with Gasteiger partial charge >= 0.3 is 0 Å². The van der Waals surface area contributed by atoms with Crippen LogP contribution in [-0.2, 0) is 11.3 Å². The second-order valence-electron chi connectivity index (χ2n) is 4.34. The summed E-state index contributed by atoms with van der Waals surface area (Å²) in [4.78, 5) is 13.9. The summed E-state index contributed by atoms with van der Waals surface area (Å²) in [5.74, 6) is 0.356. The molecule has 17 heavy (non-hydrogen) atoms. The summed E-state index contributed by atoms with van der Waals surface area (Å²) < 4.78 is 0. The molecule has 0 aliphatic carbocycles. The lowest BCUT2D eigenvalue weighted by molar-refractivity contribution is -0.134. The van der Waals surface area contributed by atoms with Crippen LogP contribution in [0.4, 0.5) is 0 Å². The first kappa shape index (κ1) is 14.0. The quantitative estimate of drug-likeness (QED) is 0.783. The van der Waals surface area contributed by atoms with E-state index in [2.05, 4.69) is 13.8 Å². The summed E-state index contributed by atoms with van der Waals surface area (Å²) >= 11 is 5.92. The zero-order valence-corrected chi connectivity index (χ0v) is 11.5. The fourth-order valence-corrected chi connectivity index (χ4v) is 2.15. The van der Waals surface area contributed by atoms with Crippen LogP contribution in [0.5, 0.6) is 0 Å². The summed E-state index contributed by atoms with van der Waals surface area (Å²) in [5, 5.41) is 0.714. The number of hydrogen-bond acceptors (Lipinski definition) is 1. The molecule has 1 rings (SSSR count). The van der Waals surface area contributed by atoms with Gasteiger partial charge in [0.1, 0.15) is 0 Å². The lowest BCUT2D eigenvalue weighted by Gasteiger charge is -2.22. The van der Waals surface area contributed by atoms with Crippen molar-refractivity contribution in [1.29, 1.82) is 0 Å². The van der Waals surface area contributed by atoms with Crippen molar-refractivity contribution in [3.05, 3.63) is 34.9 Å². The highest BCUT2D eigenvalue weighted by atomic mass is 35.5. The minimum atomic E-state index is 0.138. The molecule has 1 amide bonds. The van der Waals surface area contributed by atoms with Crippen molar-refractivity contribution in [1.82, 2.24) is 4.90 Å². The van der Waals surface area contributed by atoms with Crippen molar-refractivity contribution < 1.29 is 4.79 Å². The molecule has 0 unspecified atom stereocenters. The van der Waals surface area contributed by atoms with Gasteiger partial charge in [0.15, 0.2) is 0 Å². The normalized spacial score (nSPS) is 10.6. The van der Waals surface area contributed by atoms with Gasteiger partial charge in [0.2, 0.25) is 5.91 Å². The maximum absolute atomic E-state index is 12.1. The molecule has 0 bridgehead atoms.